The molecule has 2 aliphatic carbocycles. The van der Waals surface area contributed by atoms with Gasteiger partial charge in [0.15, 0.2) is 0 Å². The highest BCUT2D eigenvalue weighted by molar-refractivity contribution is 7.89. The maximum Gasteiger partial charge on any atom is 0.407 e. The van der Waals surface area contributed by atoms with E-state index in [9.17, 15) is 26.9 Å². The lowest BCUT2D eigenvalue weighted by Gasteiger charge is -2.29. The van der Waals surface area contributed by atoms with Gasteiger partial charge in [-0.2, -0.15) is 23.2 Å². The number of rotatable bonds is 6. The van der Waals surface area contributed by atoms with E-state index in [4.69, 9.17) is 0 Å². The van der Waals surface area contributed by atoms with Crippen molar-refractivity contribution in [1.29, 1.82) is 5.26 Å². The monoisotopic (exact) mass is 505 g/mol. The van der Waals surface area contributed by atoms with Crippen LogP contribution >= 0.6 is 0 Å². The second-order valence-corrected chi connectivity index (χ2v) is 11.0. The third kappa shape index (κ3) is 4.65. The summed E-state index contributed by atoms with van der Waals surface area (Å²) in [6.07, 6.45) is 1.25. The van der Waals surface area contributed by atoms with Crippen LogP contribution in [0.5, 0.6) is 0 Å². The summed E-state index contributed by atoms with van der Waals surface area (Å²) in [7, 11) is -4.44. The van der Waals surface area contributed by atoms with Crippen LogP contribution in [0.15, 0.2) is 57.8 Å². The number of pyridine rings is 1. The molecule has 1 aromatic rings. The minimum absolute atomic E-state index is 0.0913. The molecule has 7 nitrogen and oxygen atoms in total. The Balaban J connectivity index is 1.73. The number of allylic oxidation sites excluding steroid dienone is 2. The molecule has 0 atom stereocenters. The lowest BCUT2D eigenvalue weighted by atomic mass is 10.1. The van der Waals surface area contributed by atoms with Gasteiger partial charge in [-0.15, -0.1) is 0 Å². The normalized spacial score (nSPS) is 21.5. The summed E-state index contributed by atoms with van der Waals surface area (Å²) >= 11 is 0. The molecule has 0 saturated heterocycles. The van der Waals surface area contributed by atoms with Crippen molar-refractivity contribution in [2.24, 2.45) is 4.99 Å². The van der Waals surface area contributed by atoms with Crippen LogP contribution in [0.4, 0.5) is 13.2 Å². The first-order chi connectivity index (χ1) is 16.4. The van der Waals surface area contributed by atoms with Crippen LogP contribution in [0.25, 0.3) is 5.70 Å². The maximum atomic E-state index is 13.3. The molecule has 0 amide bonds. The first kappa shape index (κ1) is 25.1. The summed E-state index contributed by atoms with van der Waals surface area (Å²) in [4.78, 5) is 10.3. The number of hydrogen-bond donors (Lipinski definition) is 1. The molecular formula is C24H26F3N5O2S. The van der Waals surface area contributed by atoms with Crippen molar-refractivity contribution in [3.63, 3.8) is 0 Å². The number of aromatic nitrogens is 1. The molecule has 1 N–H and O–H groups in total. The van der Waals surface area contributed by atoms with Gasteiger partial charge in [-0.05, 0) is 51.7 Å². The molecule has 0 radical (unpaired) electrons. The molecule has 186 valence electrons. The molecule has 2 heterocycles. The van der Waals surface area contributed by atoms with Gasteiger partial charge in [0, 0.05) is 18.4 Å². The minimum Gasteiger partial charge on any atom is -0.334 e. The van der Waals surface area contributed by atoms with Gasteiger partial charge in [0.25, 0.3) is 0 Å². The average molecular weight is 506 g/mol. The lowest BCUT2D eigenvalue weighted by Crippen LogP contribution is -2.47. The number of halogens is 3. The Bertz CT molecular complexity index is 1270. The van der Waals surface area contributed by atoms with Gasteiger partial charge in [0.05, 0.1) is 17.1 Å². The summed E-state index contributed by atoms with van der Waals surface area (Å²) in [6, 6.07) is 4.90. The van der Waals surface area contributed by atoms with Crippen LogP contribution in [-0.2, 0) is 10.0 Å². The van der Waals surface area contributed by atoms with Crippen LogP contribution in [-0.4, -0.2) is 41.8 Å². The number of hydrogen-bond acceptors (Lipinski definition) is 6. The second kappa shape index (κ2) is 8.91. The summed E-state index contributed by atoms with van der Waals surface area (Å²) in [5.41, 5.74) is 0.605. The van der Waals surface area contributed by atoms with Gasteiger partial charge >= 0.3 is 6.18 Å². The quantitative estimate of drug-likeness (QED) is 0.597. The molecule has 0 bridgehead atoms. The van der Waals surface area contributed by atoms with E-state index in [1.54, 1.807) is 10.9 Å². The topological polar surface area (TPSA) is 98.4 Å². The first-order valence-electron chi connectivity index (χ1n) is 11.3. The molecule has 1 aromatic heterocycles. The number of aliphatic imine (C=N–C) groups is 1. The first-order valence-corrected chi connectivity index (χ1v) is 12.8. The molecule has 2 fully saturated rings. The SMILES string of the molecule is C=C1C(=NC=C(C)C)C(C#N)=C(c2ccc(S(=O)(=O)NC3(C(F)(F)F)CC3)cn2)N1C1CCCC1. The molecule has 0 aromatic carbocycles. The van der Waals surface area contributed by atoms with Gasteiger partial charge in [-0.25, -0.2) is 8.42 Å². The van der Waals surface area contributed by atoms with E-state index < -0.39 is 21.7 Å². The van der Waals surface area contributed by atoms with E-state index in [1.807, 2.05) is 18.7 Å². The van der Waals surface area contributed by atoms with Crippen molar-refractivity contribution in [2.75, 3.05) is 0 Å². The van der Waals surface area contributed by atoms with E-state index in [0.29, 0.717) is 22.8 Å². The molecule has 4 rings (SSSR count). The summed E-state index contributed by atoms with van der Waals surface area (Å²) in [6.45, 7) is 7.94. The Hall–Kier alpha value is -2.97. The smallest absolute Gasteiger partial charge is 0.334 e. The van der Waals surface area contributed by atoms with Crippen molar-refractivity contribution in [3.8, 4) is 6.07 Å². The highest BCUT2D eigenvalue weighted by Gasteiger charge is 2.65. The molecule has 2 saturated carbocycles. The second-order valence-electron chi connectivity index (χ2n) is 9.34. The molecule has 1 aliphatic heterocycles. The zero-order valence-electron chi connectivity index (χ0n) is 19.5. The Kier molecular flexibility index (Phi) is 6.40. The van der Waals surface area contributed by atoms with Crippen molar-refractivity contribution < 1.29 is 21.6 Å². The van der Waals surface area contributed by atoms with Crippen LogP contribution in [0.3, 0.4) is 0 Å². The molecule has 3 aliphatic rings. The maximum absolute atomic E-state index is 13.3. The van der Waals surface area contributed by atoms with Gasteiger partial charge < -0.3 is 4.90 Å². The van der Waals surface area contributed by atoms with Gasteiger partial charge in [0.2, 0.25) is 10.0 Å². The number of nitriles is 1. The fraction of sp³-hybridized carbons (Fsp3) is 0.458. The zero-order valence-corrected chi connectivity index (χ0v) is 20.3. The van der Waals surface area contributed by atoms with Crippen molar-refractivity contribution in [1.82, 2.24) is 14.6 Å². The Labute approximate surface area is 202 Å². The van der Waals surface area contributed by atoms with Crippen molar-refractivity contribution >= 4 is 21.4 Å². The van der Waals surface area contributed by atoms with E-state index in [1.165, 1.54) is 12.1 Å². The molecule has 0 spiro atoms. The fourth-order valence-corrected chi connectivity index (χ4v) is 5.84. The summed E-state index contributed by atoms with van der Waals surface area (Å²) in [5.74, 6) is 0. The number of sulfonamides is 1. The number of alkyl halides is 3. The Morgan fingerprint density at radius 1 is 1.31 bits per heavy atom. The van der Waals surface area contributed by atoms with Crippen molar-refractivity contribution in [2.45, 2.75) is 75.0 Å². The van der Waals surface area contributed by atoms with E-state index in [0.717, 1.165) is 37.5 Å². The number of nitrogens with one attached hydrogen (secondary N) is 1. The fourth-order valence-electron chi connectivity index (χ4n) is 4.45. The molecule has 35 heavy (non-hydrogen) atoms. The standard InChI is InChI=1S/C24H26F3N5O2S/c1-15(2)13-30-21-16(3)32(17-6-4-5-7-17)22(19(21)12-28)20-9-8-18(14-29-20)35(33,34)31-23(10-11-23)24(25,26)27/h8-9,13-14,17,31H,3-7,10-11H2,1-2H3. The zero-order chi connectivity index (χ0) is 25.6. The third-order valence-corrected chi connectivity index (χ3v) is 7.97. The Morgan fingerprint density at radius 3 is 2.46 bits per heavy atom. The number of nitrogens with zero attached hydrogens (tertiary/aromatic N) is 4. The molecule has 11 heteroatoms. The predicted octanol–water partition coefficient (Wildman–Crippen LogP) is 4.83. The largest absolute Gasteiger partial charge is 0.407 e. The summed E-state index contributed by atoms with van der Waals surface area (Å²) < 4.78 is 66.9. The van der Waals surface area contributed by atoms with Crippen LogP contribution < -0.4 is 4.72 Å². The van der Waals surface area contributed by atoms with Gasteiger partial charge in [-0.1, -0.05) is 25.0 Å². The molecular weight excluding hydrogens is 479 g/mol. The lowest BCUT2D eigenvalue weighted by molar-refractivity contribution is -0.160. The Morgan fingerprint density at radius 2 is 1.97 bits per heavy atom. The van der Waals surface area contributed by atoms with Crippen LogP contribution in [0, 0.1) is 11.3 Å². The minimum atomic E-state index is -4.67. The molecule has 0 unspecified atom stereocenters. The van der Waals surface area contributed by atoms with E-state index >= 15 is 0 Å². The van der Waals surface area contributed by atoms with Crippen molar-refractivity contribution in [3.05, 3.63) is 53.6 Å². The highest BCUT2D eigenvalue weighted by Crippen LogP contribution is 2.49. The van der Waals surface area contributed by atoms with Gasteiger partial charge in [-0.3, -0.25) is 9.98 Å². The van der Waals surface area contributed by atoms with Gasteiger partial charge in [0.1, 0.15) is 27.8 Å². The highest BCUT2D eigenvalue weighted by atomic mass is 32.2. The van der Waals surface area contributed by atoms with E-state index in [-0.39, 0.29) is 29.4 Å². The predicted molar refractivity (Wildman–Crippen MR) is 125 cm³/mol. The van der Waals surface area contributed by atoms with E-state index in [2.05, 4.69) is 22.6 Å². The third-order valence-electron chi connectivity index (χ3n) is 6.44. The summed E-state index contributed by atoms with van der Waals surface area (Å²) in [5, 5.41) is 9.99. The average Bonchev–Trinajstić information content (AvgIpc) is 3.26. The van der Waals surface area contributed by atoms with Crippen LogP contribution in [0.1, 0.15) is 58.1 Å². The van der Waals surface area contributed by atoms with Crippen LogP contribution in [0.2, 0.25) is 0 Å².